The van der Waals surface area contributed by atoms with Crippen LogP contribution in [0.15, 0.2) is 0 Å². The second-order valence-corrected chi connectivity index (χ2v) is 17.3. The predicted octanol–water partition coefficient (Wildman–Crippen LogP) is 3.53. The van der Waals surface area contributed by atoms with Gasteiger partial charge in [0.1, 0.15) is 16.5 Å². The molecule has 0 aromatic rings. The molecule has 0 aromatic heterocycles. The Morgan fingerprint density at radius 2 is 1.13 bits per heavy atom. The summed E-state index contributed by atoms with van der Waals surface area (Å²) >= 11 is 0. The zero-order valence-corrected chi connectivity index (χ0v) is 13.9. The molecule has 2 nitrogen and oxygen atoms in total. The Bertz CT molecular complexity index is 229. The third-order valence-electron chi connectivity index (χ3n) is 2.19. The highest BCUT2D eigenvalue weighted by atomic mass is 28.4. The van der Waals surface area contributed by atoms with Crippen LogP contribution in [0.5, 0.6) is 0 Å². The maximum atomic E-state index is 12.5. The van der Waals surface area contributed by atoms with Crippen LogP contribution in [0.25, 0.3) is 0 Å². The number of amides is 1. The van der Waals surface area contributed by atoms with Gasteiger partial charge in [0.05, 0.1) is 0 Å². The molecule has 0 fully saturated rings. The van der Waals surface area contributed by atoms with Gasteiger partial charge < -0.3 is 4.23 Å². The van der Waals surface area contributed by atoms with E-state index in [1.165, 1.54) is 0 Å². The van der Waals surface area contributed by atoms with Crippen LogP contribution in [0, 0.1) is 5.41 Å². The van der Waals surface area contributed by atoms with Crippen molar-refractivity contribution in [2.45, 2.75) is 60.1 Å². The number of nitrogens with zero attached hydrogens (tertiary/aromatic N) is 1. The van der Waals surface area contributed by atoms with Crippen molar-refractivity contribution >= 4 is 22.4 Å². The predicted molar refractivity (Wildman–Crippen MR) is 73.0 cm³/mol. The fourth-order valence-corrected chi connectivity index (χ4v) is 11.9. The molecule has 0 N–H and O–H groups in total. The lowest BCUT2D eigenvalue weighted by atomic mass is 9.96. The molecule has 0 atom stereocenters. The van der Waals surface area contributed by atoms with Crippen molar-refractivity contribution in [3.8, 4) is 0 Å². The summed E-state index contributed by atoms with van der Waals surface area (Å²) in [5.41, 5.74) is -0.249. The van der Waals surface area contributed by atoms with E-state index < -0.39 is 16.5 Å². The van der Waals surface area contributed by atoms with E-state index in [1.54, 1.807) is 0 Å². The summed E-state index contributed by atoms with van der Waals surface area (Å²) in [4.78, 5) is 12.5. The van der Waals surface area contributed by atoms with Crippen LogP contribution < -0.4 is 0 Å². The van der Waals surface area contributed by atoms with Crippen molar-refractivity contribution in [1.82, 2.24) is 4.23 Å². The zero-order valence-electron chi connectivity index (χ0n) is 11.9. The minimum atomic E-state index is -1.55. The highest BCUT2D eigenvalue weighted by molar-refractivity contribution is 6.92. The van der Waals surface area contributed by atoms with Crippen LogP contribution in [-0.2, 0) is 4.79 Å². The van der Waals surface area contributed by atoms with E-state index in [9.17, 15) is 4.79 Å². The second-order valence-electron chi connectivity index (χ2n) is 7.23. The molecular formula is C11H27NOSi2. The Morgan fingerprint density at radius 1 is 0.867 bits per heavy atom. The Morgan fingerprint density at radius 3 is 1.20 bits per heavy atom. The molecule has 15 heavy (non-hydrogen) atoms. The molecule has 0 aromatic carbocycles. The molecule has 0 saturated carbocycles. The first kappa shape index (κ1) is 14.9. The SMILES string of the molecule is CC(C)(C)C(=O)N([Si](C)(C)C)[Si](C)(C)C. The normalized spacial score (nSPS) is 13.9. The van der Waals surface area contributed by atoms with Crippen molar-refractivity contribution < 1.29 is 4.79 Å². The first-order valence-corrected chi connectivity index (χ1v) is 12.5. The van der Waals surface area contributed by atoms with Gasteiger partial charge in [0.15, 0.2) is 0 Å². The third-order valence-corrected chi connectivity index (χ3v) is 9.30. The van der Waals surface area contributed by atoms with Crippen LogP contribution in [-0.4, -0.2) is 26.6 Å². The zero-order chi connectivity index (χ0) is 12.7. The summed E-state index contributed by atoms with van der Waals surface area (Å²) < 4.78 is 2.26. The van der Waals surface area contributed by atoms with Gasteiger partial charge in [-0.15, -0.1) is 0 Å². The fourth-order valence-electron chi connectivity index (χ4n) is 1.95. The van der Waals surface area contributed by atoms with Crippen LogP contribution in [0.4, 0.5) is 0 Å². The minimum Gasteiger partial charge on any atom is -0.396 e. The lowest BCUT2D eigenvalue weighted by Gasteiger charge is -2.46. The average Bonchev–Trinajstić information content (AvgIpc) is 1.76. The van der Waals surface area contributed by atoms with E-state index in [0.717, 1.165) is 0 Å². The Balaban J connectivity index is 5.26. The van der Waals surface area contributed by atoms with Gasteiger partial charge >= 0.3 is 0 Å². The monoisotopic (exact) mass is 245 g/mol. The molecule has 0 spiro atoms. The number of carbonyl (C=O) groups excluding carboxylic acids is 1. The molecule has 0 radical (unpaired) electrons. The number of rotatable bonds is 2. The topological polar surface area (TPSA) is 20.3 Å². The van der Waals surface area contributed by atoms with Crippen molar-refractivity contribution in [2.75, 3.05) is 0 Å². The molecule has 0 rings (SSSR count). The number of hydrogen-bond donors (Lipinski definition) is 0. The first-order valence-electron chi connectivity index (χ1n) is 5.62. The van der Waals surface area contributed by atoms with E-state index >= 15 is 0 Å². The summed E-state index contributed by atoms with van der Waals surface area (Å²) in [5.74, 6) is 0.334. The van der Waals surface area contributed by atoms with E-state index in [1.807, 2.05) is 20.8 Å². The smallest absolute Gasteiger partial charge is 0.212 e. The van der Waals surface area contributed by atoms with Gasteiger partial charge in [-0.2, -0.15) is 0 Å². The fraction of sp³-hybridized carbons (Fsp3) is 0.909. The van der Waals surface area contributed by atoms with E-state index in [2.05, 4.69) is 43.5 Å². The third kappa shape index (κ3) is 4.11. The van der Waals surface area contributed by atoms with Gasteiger partial charge in [0.25, 0.3) is 0 Å². The molecule has 0 aliphatic carbocycles. The molecule has 0 bridgehead atoms. The van der Waals surface area contributed by atoms with Crippen LogP contribution >= 0.6 is 0 Å². The lowest BCUT2D eigenvalue weighted by Crippen LogP contribution is -2.64. The number of hydrogen-bond acceptors (Lipinski definition) is 1. The Kier molecular flexibility index (Phi) is 4.03. The summed E-state index contributed by atoms with van der Waals surface area (Å²) in [7, 11) is -3.10. The maximum absolute atomic E-state index is 12.5. The summed E-state index contributed by atoms with van der Waals surface area (Å²) in [6.45, 7) is 19.6. The van der Waals surface area contributed by atoms with Gasteiger partial charge in [-0.25, -0.2) is 0 Å². The van der Waals surface area contributed by atoms with Gasteiger partial charge in [-0.3, -0.25) is 4.79 Å². The van der Waals surface area contributed by atoms with Gasteiger partial charge in [-0.05, 0) is 0 Å². The molecule has 1 amide bonds. The summed E-state index contributed by atoms with van der Waals surface area (Å²) in [6.07, 6.45) is 0. The highest BCUT2D eigenvalue weighted by Gasteiger charge is 2.41. The Labute approximate surface area is 97.2 Å². The van der Waals surface area contributed by atoms with Gasteiger partial charge in [0.2, 0.25) is 5.91 Å². The quantitative estimate of drug-likeness (QED) is 0.682. The molecule has 0 saturated heterocycles. The van der Waals surface area contributed by atoms with Crippen LogP contribution in [0.2, 0.25) is 39.3 Å². The second kappa shape index (κ2) is 4.05. The standard InChI is InChI=1S/C11H27NOSi2/c1-11(2,3)10(13)12(14(4,5)6)15(7,8)9/h1-9H3. The first-order chi connectivity index (χ1) is 6.28. The molecule has 0 aliphatic heterocycles. The maximum Gasteiger partial charge on any atom is 0.212 e. The van der Waals surface area contributed by atoms with Crippen LogP contribution in [0.1, 0.15) is 20.8 Å². The molecular weight excluding hydrogens is 218 g/mol. The largest absolute Gasteiger partial charge is 0.396 e. The van der Waals surface area contributed by atoms with Gasteiger partial charge in [-0.1, -0.05) is 60.1 Å². The lowest BCUT2D eigenvalue weighted by molar-refractivity contribution is -0.131. The van der Waals surface area contributed by atoms with Gasteiger partial charge in [0, 0.05) is 5.41 Å². The molecule has 90 valence electrons. The molecule has 0 unspecified atom stereocenters. The van der Waals surface area contributed by atoms with E-state index in [4.69, 9.17) is 0 Å². The average molecular weight is 246 g/mol. The van der Waals surface area contributed by atoms with Crippen molar-refractivity contribution in [3.63, 3.8) is 0 Å². The minimum absolute atomic E-state index is 0.249. The van der Waals surface area contributed by atoms with Crippen molar-refractivity contribution in [3.05, 3.63) is 0 Å². The van der Waals surface area contributed by atoms with E-state index in [-0.39, 0.29) is 5.41 Å². The molecule has 4 heteroatoms. The highest BCUT2D eigenvalue weighted by Crippen LogP contribution is 2.27. The van der Waals surface area contributed by atoms with Crippen LogP contribution in [0.3, 0.4) is 0 Å². The van der Waals surface area contributed by atoms with Crippen molar-refractivity contribution in [2.24, 2.45) is 5.41 Å². The van der Waals surface area contributed by atoms with E-state index in [0.29, 0.717) is 5.91 Å². The Hall–Kier alpha value is -0.0962. The molecule has 0 aliphatic rings. The summed E-state index contributed by atoms with van der Waals surface area (Å²) in [5, 5.41) is 0. The summed E-state index contributed by atoms with van der Waals surface area (Å²) in [6, 6.07) is 0. The number of carbonyl (C=O) groups is 1. The molecule has 0 heterocycles. The van der Waals surface area contributed by atoms with Crippen molar-refractivity contribution in [1.29, 1.82) is 0 Å².